The second-order valence-electron chi connectivity index (χ2n) is 4.79. The van der Waals surface area contributed by atoms with Crippen molar-refractivity contribution >= 4 is 5.78 Å². The second-order valence-corrected chi connectivity index (χ2v) is 4.79. The predicted molar refractivity (Wildman–Crippen MR) is 73.9 cm³/mol. The lowest BCUT2D eigenvalue weighted by atomic mass is 9.97. The van der Waals surface area contributed by atoms with Crippen molar-refractivity contribution in [2.45, 2.75) is 20.8 Å². The van der Waals surface area contributed by atoms with Crippen molar-refractivity contribution in [2.75, 3.05) is 0 Å². The van der Waals surface area contributed by atoms with Gasteiger partial charge in [0.25, 0.3) is 0 Å². The molecule has 0 aliphatic rings. The minimum atomic E-state index is -0.116. The molecule has 0 spiro atoms. The molecule has 0 aromatic heterocycles. The van der Waals surface area contributed by atoms with Crippen molar-refractivity contribution in [3.63, 3.8) is 0 Å². The molecule has 2 rings (SSSR count). The molecule has 3 heteroatoms. The third-order valence-electron chi connectivity index (χ3n) is 3.21. The highest BCUT2D eigenvalue weighted by Crippen LogP contribution is 2.25. The Bertz CT molecular complexity index is 634. The Morgan fingerprint density at radius 3 is 1.89 bits per heavy atom. The number of carbonyl (C=O) groups is 1. The first-order chi connectivity index (χ1) is 8.90. The molecule has 19 heavy (non-hydrogen) atoms. The molecule has 0 radical (unpaired) electrons. The van der Waals surface area contributed by atoms with Crippen molar-refractivity contribution in [3.8, 4) is 11.5 Å². The number of benzene rings is 2. The van der Waals surface area contributed by atoms with Gasteiger partial charge in [-0.2, -0.15) is 0 Å². The molecular weight excluding hydrogens is 240 g/mol. The van der Waals surface area contributed by atoms with Crippen LogP contribution < -0.4 is 0 Å². The molecule has 0 amide bonds. The van der Waals surface area contributed by atoms with Gasteiger partial charge in [-0.25, -0.2) is 0 Å². The molecule has 0 saturated heterocycles. The Labute approximate surface area is 112 Å². The van der Waals surface area contributed by atoms with Crippen molar-refractivity contribution in [3.05, 3.63) is 58.1 Å². The van der Waals surface area contributed by atoms with Gasteiger partial charge in [-0.05, 0) is 67.8 Å². The molecule has 0 aliphatic heterocycles. The molecule has 98 valence electrons. The molecule has 0 aliphatic carbocycles. The number of carbonyl (C=O) groups excluding carboxylic acids is 1. The van der Waals surface area contributed by atoms with Gasteiger partial charge in [0.05, 0.1) is 0 Å². The van der Waals surface area contributed by atoms with E-state index in [-0.39, 0.29) is 17.3 Å². The van der Waals surface area contributed by atoms with Crippen LogP contribution in [0.5, 0.6) is 11.5 Å². The number of aryl methyl sites for hydroxylation is 3. The quantitative estimate of drug-likeness (QED) is 0.811. The molecule has 0 fully saturated rings. The molecule has 2 aromatic rings. The third-order valence-corrected chi connectivity index (χ3v) is 3.21. The number of hydrogen-bond acceptors (Lipinski definition) is 3. The number of hydrogen-bond donors (Lipinski definition) is 2. The van der Waals surface area contributed by atoms with Crippen LogP contribution in [0.4, 0.5) is 0 Å². The standard InChI is InChI=1S/C16H16O3/c1-9-6-12(4-5-14(9)17)16(19)13-7-10(2)15(18)11(3)8-13/h4-8,17-18H,1-3H3. The maximum atomic E-state index is 12.4. The van der Waals surface area contributed by atoms with Crippen molar-refractivity contribution in [2.24, 2.45) is 0 Å². The lowest BCUT2D eigenvalue weighted by molar-refractivity contribution is 0.103. The number of phenolic OH excluding ortho intramolecular Hbond substituents is 2. The highest BCUT2D eigenvalue weighted by molar-refractivity contribution is 6.09. The van der Waals surface area contributed by atoms with Crippen molar-refractivity contribution in [1.29, 1.82) is 0 Å². The van der Waals surface area contributed by atoms with Crippen LogP contribution in [0.25, 0.3) is 0 Å². The van der Waals surface area contributed by atoms with Crippen LogP contribution in [-0.2, 0) is 0 Å². The lowest BCUT2D eigenvalue weighted by Gasteiger charge is -2.08. The number of rotatable bonds is 2. The summed E-state index contributed by atoms with van der Waals surface area (Å²) in [5.74, 6) is 0.280. The minimum absolute atomic E-state index is 0.116. The fourth-order valence-corrected chi connectivity index (χ4v) is 2.05. The Hall–Kier alpha value is -2.29. The van der Waals surface area contributed by atoms with E-state index < -0.39 is 0 Å². The summed E-state index contributed by atoms with van der Waals surface area (Å²) in [5, 5.41) is 19.2. The van der Waals surface area contributed by atoms with E-state index in [0.717, 1.165) is 0 Å². The summed E-state index contributed by atoms with van der Waals surface area (Å²) in [7, 11) is 0. The zero-order valence-corrected chi connectivity index (χ0v) is 11.2. The Kier molecular flexibility index (Phi) is 3.30. The van der Waals surface area contributed by atoms with E-state index in [1.165, 1.54) is 6.07 Å². The van der Waals surface area contributed by atoms with Crippen LogP contribution in [0.1, 0.15) is 32.6 Å². The van der Waals surface area contributed by atoms with Gasteiger partial charge in [0.15, 0.2) is 5.78 Å². The average Bonchev–Trinajstić information content (AvgIpc) is 2.37. The van der Waals surface area contributed by atoms with E-state index in [9.17, 15) is 15.0 Å². The number of aromatic hydroxyl groups is 2. The predicted octanol–water partition coefficient (Wildman–Crippen LogP) is 3.25. The van der Waals surface area contributed by atoms with Crippen LogP contribution >= 0.6 is 0 Å². The van der Waals surface area contributed by atoms with Gasteiger partial charge in [-0.3, -0.25) is 4.79 Å². The first-order valence-electron chi connectivity index (χ1n) is 6.04. The molecular formula is C16H16O3. The lowest BCUT2D eigenvalue weighted by Crippen LogP contribution is -2.03. The minimum Gasteiger partial charge on any atom is -0.508 e. The van der Waals surface area contributed by atoms with Gasteiger partial charge in [-0.15, -0.1) is 0 Å². The van der Waals surface area contributed by atoms with Crippen LogP contribution in [0.15, 0.2) is 30.3 Å². The van der Waals surface area contributed by atoms with Crippen LogP contribution in [0.3, 0.4) is 0 Å². The zero-order valence-electron chi connectivity index (χ0n) is 11.2. The first kappa shape index (κ1) is 13.1. The molecule has 0 atom stereocenters. The molecule has 0 saturated carbocycles. The summed E-state index contributed by atoms with van der Waals surface area (Å²) in [6.07, 6.45) is 0. The van der Waals surface area contributed by atoms with E-state index >= 15 is 0 Å². The summed E-state index contributed by atoms with van der Waals surface area (Å²) in [6.45, 7) is 5.28. The van der Waals surface area contributed by atoms with E-state index in [1.54, 1.807) is 45.0 Å². The first-order valence-corrected chi connectivity index (χ1v) is 6.04. The van der Waals surface area contributed by atoms with E-state index in [1.807, 2.05) is 0 Å². The smallest absolute Gasteiger partial charge is 0.193 e. The van der Waals surface area contributed by atoms with Gasteiger partial charge in [0, 0.05) is 11.1 Å². The molecule has 2 N–H and O–H groups in total. The second kappa shape index (κ2) is 4.76. The van der Waals surface area contributed by atoms with Gasteiger partial charge in [-0.1, -0.05) is 0 Å². The average molecular weight is 256 g/mol. The third kappa shape index (κ3) is 2.45. The maximum Gasteiger partial charge on any atom is 0.193 e. The van der Waals surface area contributed by atoms with Gasteiger partial charge in [0.1, 0.15) is 11.5 Å². The molecule has 0 unspecified atom stereocenters. The van der Waals surface area contributed by atoms with Gasteiger partial charge in [0.2, 0.25) is 0 Å². The Morgan fingerprint density at radius 1 is 0.842 bits per heavy atom. The summed E-state index contributed by atoms with van der Waals surface area (Å²) in [4.78, 5) is 12.4. The van der Waals surface area contributed by atoms with E-state index in [2.05, 4.69) is 0 Å². The topological polar surface area (TPSA) is 57.5 Å². The molecule has 0 heterocycles. The monoisotopic (exact) mass is 256 g/mol. The van der Waals surface area contributed by atoms with E-state index in [0.29, 0.717) is 27.8 Å². The SMILES string of the molecule is Cc1cc(C(=O)c2cc(C)c(O)c(C)c2)ccc1O. The summed E-state index contributed by atoms with van der Waals surface area (Å²) in [5.41, 5.74) is 3.09. The molecule has 2 aromatic carbocycles. The number of phenols is 2. The summed E-state index contributed by atoms with van der Waals surface area (Å²) >= 11 is 0. The van der Waals surface area contributed by atoms with Crippen molar-refractivity contribution in [1.82, 2.24) is 0 Å². The molecule has 3 nitrogen and oxygen atoms in total. The molecule has 0 bridgehead atoms. The van der Waals surface area contributed by atoms with Gasteiger partial charge >= 0.3 is 0 Å². The van der Waals surface area contributed by atoms with Crippen LogP contribution in [0.2, 0.25) is 0 Å². The maximum absolute atomic E-state index is 12.4. The zero-order chi connectivity index (χ0) is 14.2. The van der Waals surface area contributed by atoms with E-state index in [4.69, 9.17) is 0 Å². The number of ketones is 1. The van der Waals surface area contributed by atoms with Gasteiger partial charge < -0.3 is 10.2 Å². The fourth-order valence-electron chi connectivity index (χ4n) is 2.05. The van der Waals surface area contributed by atoms with Crippen molar-refractivity contribution < 1.29 is 15.0 Å². The highest BCUT2D eigenvalue weighted by atomic mass is 16.3. The fraction of sp³-hybridized carbons (Fsp3) is 0.188. The largest absolute Gasteiger partial charge is 0.508 e. The highest BCUT2D eigenvalue weighted by Gasteiger charge is 2.13. The normalized spacial score (nSPS) is 10.5. The van der Waals surface area contributed by atoms with Crippen LogP contribution in [-0.4, -0.2) is 16.0 Å². The Morgan fingerprint density at radius 2 is 1.37 bits per heavy atom. The Balaban J connectivity index is 2.47. The summed E-state index contributed by atoms with van der Waals surface area (Å²) in [6, 6.07) is 8.12. The summed E-state index contributed by atoms with van der Waals surface area (Å²) < 4.78 is 0. The van der Waals surface area contributed by atoms with Crippen LogP contribution in [0, 0.1) is 20.8 Å².